The first-order valence-corrected chi connectivity index (χ1v) is 19.1. The molecule has 0 unspecified atom stereocenters. The van der Waals surface area contributed by atoms with Crippen LogP contribution in [0.3, 0.4) is 0 Å². The Bertz CT molecular complexity index is 2830. The topological polar surface area (TPSA) is 6.48 Å². The van der Waals surface area contributed by atoms with E-state index in [2.05, 4.69) is 230 Å². The van der Waals surface area contributed by atoms with Crippen LogP contribution in [0.4, 0.5) is 34.1 Å². The van der Waals surface area contributed by atoms with Crippen LogP contribution in [-0.2, 0) is 5.41 Å². The van der Waals surface area contributed by atoms with Gasteiger partial charge in [-0.1, -0.05) is 178 Å². The molecule has 0 aromatic heterocycles. The van der Waals surface area contributed by atoms with Crippen molar-refractivity contribution in [2.24, 2.45) is 0 Å². The fourth-order valence-electron chi connectivity index (χ4n) is 8.86. The zero-order valence-electron chi connectivity index (χ0n) is 31.0. The van der Waals surface area contributed by atoms with Crippen LogP contribution < -0.4 is 9.80 Å². The van der Waals surface area contributed by atoms with E-state index in [1.165, 1.54) is 72.0 Å². The van der Waals surface area contributed by atoms with E-state index in [0.29, 0.717) is 0 Å². The first-order chi connectivity index (χ1) is 27.1. The molecule has 0 saturated heterocycles. The summed E-state index contributed by atoms with van der Waals surface area (Å²) in [5, 5.41) is 4.91. The van der Waals surface area contributed by atoms with E-state index in [1.54, 1.807) is 0 Å². The summed E-state index contributed by atoms with van der Waals surface area (Å²) in [6, 6.07) is 75.2. The first kappa shape index (κ1) is 32.7. The number of rotatable bonds is 6. The van der Waals surface area contributed by atoms with Gasteiger partial charge in [-0.15, -0.1) is 0 Å². The minimum absolute atomic E-state index is 0.333. The smallest absolute Gasteiger partial charge is 0.0618 e. The molecule has 1 aliphatic rings. The third-order valence-corrected chi connectivity index (χ3v) is 11.4. The van der Waals surface area contributed by atoms with Crippen molar-refractivity contribution >= 4 is 55.7 Å². The van der Waals surface area contributed by atoms with Crippen LogP contribution in [0.2, 0.25) is 0 Å². The fourth-order valence-corrected chi connectivity index (χ4v) is 8.86. The van der Waals surface area contributed by atoms with E-state index in [4.69, 9.17) is 0 Å². The number of hydrogen-bond donors (Lipinski definition) is 0. The molecule has 0 atom stereocenters. The second-order valence-electron chi connectivity index (χ2n) is 14.9. The Morgan fingerprint density at radius 1 is 0.400 bits per heavy atom. The van der Waals surface area contributed by atoms with Crippen molar-refractivity contribution in [1.82, 2.24) is 0 Å². The molecule has 0 bridgehead atoms. The fraction of sp³-hybridized carbons (Fsp3) is 0.0566. The summed E-state index contributed by atoms with van der Waals surface area (Å²) in [4.78, 5) is 5.00. The molecule has 0 saturated carbocycles. The van der Waals surface area contributed by atoms with Gasteiger partial charge in [-0.25, -0.2) is 0 Å². The first-order valence-electron chi connectivity index (χ1n) is 19.1. The van der Waals surface area contributed by atoms with E-state index in [9.17, 15) is 0 Å². The second kappa shape index (κ2) is 13.2. The van der Waals surface area contributed by atoms with Gasteiger partial charge in [0.1, 0.15) is 0 Å². The van der Waals surface area contributed by atoms with E-state index in [0.717, 1.165) is 17.1 Å². The lowest BCUT2D eigenvalue weighted by molar-refractivity contribution is 0.632. The van der Waals surface area contributed by atoms with E-state index < -0.39 is 0 Å². The molecule has 262 valence electrons. The van der Waals surface area contributed by atoms with Gasteiger partial charge >= 0.3 is 0 Å². The maximum absolute atomic E-state index is 2.56. The highest BCUT2D eigenvalue weighted by Crippen LogP contribution is 2.58. The zero-order chi connectivity index (χ0) is 36.9. The molecule has 0 aliphatic carbocycles. The predicted octanol–water partition coefficient (Wildman–Crippen LogP) is 14.9. The Morgan fingerprint density at radius 2 is 0.964 bits per heavy atom. The Labute approximate surface area is 323 Å². The van der Waals surface area contributed by atoms with Gasteiger partial charge in [0.2, 0.25) is 0 Å². The maximum atomic E-state index is 2.56. The third-order valence-electron chi connectivity index (χ3n) is 11.4. The lowest BCUT2D eigenvalue weighted by Crippen LogP contribution is -2.32. The summed E-state index contributed by atoms with van der Waals surface area (Å²) < 4.78 is 0. The monoisotopic (exact) mass is 704 g/mol. The van der Waals surface area contributed by atoms with Crippen LogP contribution in [0.15, 0.2) is 206 Å². The van der Waals surface area contributed by atoms with Crippen LogP contribution >= 0.6 is 0 Å². The van der Waals surface area contributed by atoms with Crippen LogP contribution in [0.5, 0.6) is 0 Å². The molecule has 1 aliphatic heterocycles. The van der Waals surface area contributed by atoms with Gasteiger partial charge in [0.15, 0.2) is 0 Å². The van der Waals surface area contributed by atoms with Gasteiger partial charge < -0.3 is 9.80 Å². The molecule has 2 nitrogen and oxygen atoms in total. The molecule has 0 radical (unpaired) electrons. The van der Waals surface area contributed by atoms with Gasteiger partial charge in [0.25, 0.3) is 0 Å². The van der Waals surface area contributed by atoms with Gasteiger partial charge in [-0.2, -0.15) is 0 Å². The highest BCUT2D eigenvalue weighted by molar-refractivity contribution is 6.11. The molecule has 0 spiro atoms. The number of benzene rings is 9. The van der Waals surface area contributed by atoms with Crippen LogP contribution in [0, 0.1) is 0 Å². The number of nitrogens with zero attached hydrogens (tertiary/aromatic N) is 2. The molecule has 9 aromatic rings. The molecular formula is C53H40N2. The molecule has 55 heavy (non-hydrogen) atoms. The van der Waals surface area contributed by atoms with Crippen LogP contribution in [0.25, 0.3) is 43.8 Å². The largest absolute Gasteiger partial charge is 0.310 e. The molecule has 2 heteroatoms. The quantitative estimate of drug-likeness (QED) is 0.170. The van der Waals surface area contributed by atoms with Crippen molar-refractivity contribution in [1.29, 1.82) is 0 Å². The van der Waals surface area contributed by atoms with Gasteiger partial charge in [-0.05, 0) is 80.9 Å². The molecule has 0 fully saturated rings. The Morgan fingerprint density at radius 3 is 1.75 bits per heavy atom. The van der Waals surface area contributed by atoms with Crippen molar-refractivity contribution in [2.45, 2.75) is 19.3 Å². The summed E-state index contributed by atoms with van der Waals surface area (Å²) in [7, 11) is 0. The maximum Gasteiger partial charge on any atom is 0.0618 e. The number of anilines is 6. The average molecular weight is 705 g/mol. The summed E-state index contributed by atoms with van der Waals surface area (Å²) >= 11 is 0. The zero-order valence-corrected chi connectivity index (χ0v) is 31.0. The highest BCUT2D eigenvalue weighted by Gasteiger charge is 2.41. The Kier molecular flexibility index (Phi) is 7.85. The third kappa shape index (κ3) is 5.41. The van der Waals surface area contributed by atoms with Crippen molar-refractivity contribution in [3.05, 3.63) is 217 Å². The van der Waals surface area contributed by atoms with Crippen molar-refractivity contribution < 1.29 is 0 Å². The summed E-state index contributed by atoms with van der Waals surface area (Å²) in [5.74, 6) is 0. The lowest BCUT2D eigenvalue weighted by atomic mass is 9.72. The average Bonchev–Trinajstić information content (AvgIpc) is 3.24. The van der Waals surface area contributed by atoms with Crippen molar-refractivity contribution in [3.8, 4) is 22.3 Å². The standard InChI is InChI=1S/C53H40N2/c1-53(2)47-27-13-14-28-48(47)55(52-44-25-12-10-20-40(44)33-36-46(52)45-26-15-21-39-19-9-11-24-43(39)45)50-30-16-29-49(51(50)53)54(41-22-7-4-8-23-41)42-34-31-38(32-35-42)37-17-5-3-6-18-37/h3-36H,1-2H3. The van der Waals surface area contributed by atoms with E-state index >= 15 is 0 Å². The van der Waals surface area contributed by atoms with Gasteiger partial charge in [-0.3, -0.25) is 0 Å². The lowest BCUT2D eigenvalue weighted by Gasteiger charge is -2.45. The highest BCUT2D eigenvalue weighted by atomic mass is 15.2. The summed E-state index contributed by atoms with van der Waals surface area (Å²) in [5.41, 5.74) is 14.0. The van der Waals surface area contributed by atoms with Crippen molar-refractivity contribution in [2.75, 3.05) is 9.80 Å². The van der Waals surface area contributed by atoms with Crippen LogP contribution in [0.1, 0.15) is 25.0 Å². The van der Waals surface area contributed by atoms with Gasteiger partial charge in [0.05, 0.1) is 22.7 Å². The summed E-state index contributed by atoms with van der Waals surface area (Å²) in [6.07, 6.45) is 0. The summed E-state index contributed by atoms with van der Waals surface area (Å²) in [6.45, 7) is 4.78. The van der Waals surface area contributed by atoms with Crippen LogP contribution in [-0.4, -0.2) is 0 Å². The number of para-hydroxylation sites is 2. The number of hydrogen-bond acceptors (Lipinski definition) is 2. The normalized spacial score (nSPS) is 13.0. The van der Waals surface area contributed by atoms with E-state index in [1.807, 2.05) is 0 Å². The molecule has 9 aromatic carbocycles. The molecule has 0 amide bonds. The Balaban J connectivity index is 1.26. The van der Waals surface area contributed by atoms with E-state index in [-0.39, 0.29) is 5.41 Å². The van der Waals surface area contributed by atoms with Crippen molar-refractivity contribution in [3.63, 3.8) is 0 Å². The molecule has 0 N–H and O–H groups in total. The molecule has 1 heterocycles. The SMILES string of the molecule is CC1(C)c2ccccc2N(c2c(-c3cccc4ccccc34)ccc3ccccc23)c2cccc(N(c3ccccc3)c3ccc(-c4ccccc4)cc3)c21. The second-order valence-corrected chi connectivity index (χ2v) is 14.9. The predicted molar refractivity (Wildman–Crippen MR) is 234 cm³/mol. The Hall–Kier alpha value is -6.90. The van der Waals surface area contributed by atoms with Gasteiger partial charge in [0, 0.05) is 33.3 Å². The number of fused-ring (bicyclic) bond motifs is 4. The molecular weight excluding hydrogens is 665 g/mol. The minimum atomic E-state index is -0.333. The molecule has 10 rings (SSSR count). The minimum Gasteiger partial charge on any atom is -0.310 e.